The van der Waals surface area contributed by atoms with E-state index >= 15 is 0 Å². The van der Waals surface area contributed by atoms with Crippen LogP contribution >= 0.6 is 0 Å². The number of nitrogens with zero attached hydrogens (tertiary/aromatic N) is 2. The second-order valence-corrected chi connectivity index (χ2v) is 7.57. The first kappa shape index (κ1) is 16.9. The van der Waals surface area contributed by atoms with Crippen LogP contribution in [0.1, 0.15) is 47.5 Å². The number of nitrogens with one attached hydrogen (secondary N) is 1. The highest BCUT2D eigenvalue weighted by atomic mass is 15.2. The Morgan fingerprint density at radius 1 is 1.32 bits per heavy atom. The van der Waals surface area contributed by atoms with Gasteiger partial charge in [0.05, 0.1) is 0 Å². The maximum atomic E-state index is 3.62. The number of hydrogen-bond donors (Lipinski definition) is 1. The van der Waals surface area contributed by atoms with E-state index in [4.69, 9.17) is 0 Å². The first-order valence-electron chi connectivity index (χ1n) is 7.86. The van der Waals surface area contributed by atoms with Crippen LogP contribution in [0.4, 0.5) is 0 Å². The van der Waals surface area contributed by atoms with Gasteiger partial charge < -0.3 is 15.1 Å². The first-order valence-corrected chi connectivity index (χ1v) is 7.86. The maximum Gasteiger partial charge on any atom is 0.0220 e. The normalized spacial score (nSPS) is 24.9. The van der Waals surface area contributed by atoms with Gasteiger partial charge in [-0.3, -0.25) is 0 Å². The summed E-state index contributed by atoms with van der Waals surface area (Å²) in [6, 6.07) is 1.39. The molecule has 1 rings (SSSR count). The van der Waals surface area contributed by atoms with E-state index in [0.717, 1.165) is 12.6 Å². The lowest BCUT2D eigenvalue weighted by Gasteiger charge is -2.35. The van der Waals surface area contributed by atoms with Gasteiger partial charge in [0, 0.05) is 24.2 Å². The Morgan fingerprint density at radius 3 is 2.42 bits per heavy atom. The van der Waals surface area contributed by atoms with Gasteiger partial charge in [-0.05, 0) is 73.6 Å². The summed E-state index contributed by atoms with van der Waals surface area (Å²) in [5.74, 6) is 0.677. The van der Waals surface area contributed by atoms with Crippen molar-refractivity contribution in [3.05, 3.63) is 0 Å². The molecule has 1 saturated heterocycles. The van der Waals surface area contributed by atoms with Crippen molar-refractivity contribution in [1.29, 1.82) is 0 Å². The Bertz CT molecular complexity index is 259. The number of likely N-dealkylation sites (tertiary alicyclic amines) is 1. The number of rotatable bonds is 6. The van der Waals surface area contributed by atoms with Crippen molar-refractivity contribution in [2.45, 2.75) is 65.1 Å². The van der Waals surface area contributed by atoms with Gasteiger partial charge >= 0.3 is 0 Å². The third kappa shape index (κ3) is 5.80. The summed E-state index contributed by atoms with van der Waals surface area (Å²) >= 11 is 0. The molecule has 0 aromatic heterocycles. The van der Waals surface area contributed by atoms with Crippen molar-refractivity contribution in [1.82, 2.24) is 15.1 Å². The molecule has 1 heterocycles. The van der Waals surface area contributed by atoms with Crippen molar-refractivity contribution in [2.24, 2.45) is 5.92 Å². The Morgan fingerprint density at radius 2 is 1.95 bits per heavy atom. The van der Waals surface area contributed by atoms with Gasteiger partial charge in [0.1, 0.15) is 0 Å². The Balaban J connectivity index is 2.36. The van der Waals surface area contributed by atoms with Crippen molar-refractivity contribution in [2.75, 3.05) is 33.7 Å². The second kappa shape index (κ2) is 7.05. The van der Waals surface area contributed by atoms with Crippen LogP contribution in [0.5, 0.6) is 0 Å². The minimum atomic E-state index is 0.220. The lowest BCUT2D eigenvalue weighted by Crippen LogP contribution is -2.47. The van der Waals surface area contributed by atoms with E-state index in [1.807, 2.05) is 0 Å². The molecule has 0 bridgehead atoms. The molecule has 0 saturated carbocycles. The Labute approximate surface area is 120 Å². The fourth-order valence-electron chi connectivity index (χ4n) is 2.78. The van der Waals surface area contributed by atoms with Gasteiger partial charge in [-0.1, -0.05) is 6.92 Å². The van der Waals surface area contributed by atoms with Crippen molar-refractivity contribution >= 4 is 0 Å². The van der Waals surface area contributed by atoms with E-state index in [0.29, 0.717) is 12.0 Å². The van der Waals surface area contributed by atoms with Crippen LogP contribution in [0.3, 0.4) is 0 Å². The molecule has 1 aliphatic heterocycles. The third-order valence-corrected chi connectivity index (χ3v) is 4.64. The summed E-state index contributed by atoms with van der Waals surface area (Å²) in [5, 5.41) is 3.62. The van der Waals surface area contributed by atoms with Crippen molar-refractivity contribution < 1.29 is 0 Å². The number of hydrogen-bond acceptors (Lipinski definition) is 3. The summed E-state index contributed by atoms with van der Waals surface area (Å²) in [7, 11) is 4.55. The van der Waals surface area contributed by atoms with Gasteiger partial charge in [0.2, 0.25) is 0 Å². The van der Waals surface area contributed by atoms with Crippen LogP contribution in [-0.2, 0) is 0 Å². The van der Waals surface area contributed by atoms with Crippen molar-refractivity contribution in [3.8, 4) is 0 Å². The largest absolute Gasteiger partial charge is 0.312 e. The molecule has 0 aromatic rings. The zero-order valence-electron chi connectivity index (χ0n) is 14.2. The quantitative estimate of drug-likeness (QED) is 0.799. The highest BCUT2D eigenvalue weighted by molar-refractivity contribution is 4.83. The molecule has 1 N–H and O–H groups in total. The third-order valence-electron chi connectivity index (χ3n) is 4.64. The van der Waals surface area contributed by atoms with Gasteiger partial charge in [0.15, 0.2) is 0 Å². The topological polar surface area (TPSA) is 18.5 Å². The van der Waals surface area contributed by atoms with Crippen LogP contribution < -0.4 is 5.32 Å². The van der Waals surface area contributed by atoms with Crippen LogP contribution in [0, 0.1) is 5.92 Å². The Hall–Kier alpha value is -0.120. The SMILES string of the molecule is CC(CNC(C)(C)C)C(C)N(C)CC1CCCN1C. The van der Waals surface area contributed by atoms with E-state index in [9.17, 15) is 0 Å². The van der Waals surface area contributed by atoms with Crippen LogP contribution in [0.2, 0.25) is 0 Å². The van der Waals surface area contributed by atoms with E-state index in [1.165, 1.54) is 25.9 Å². The summed E-state index contributed by atoms with van der Waals surface area (Å²) in [6.45, 7) is 15.0. The smallest absolute Gasteiger partial charge is 0.0220 e. The molecule has 19 heavy (non-hydrogen) atoms. The van der Waals surface area contributed by atoms with E-state index < -0.39 is 0 Å². The first-order chi connectivity index (χ1) is 8.70. The van der Waals surface area contributed by atoms with Gasteiger partial charge in [-0.2, -0.15) is 0 Å². The maximum absolute atomic E-state index is 3.62. The molecule has 0 radical (unpaired) electrons. The lowest BCUT2D eigenvalue weighted by molar-refractivity contribution is 0.147. The van der Waals surface area contributed by atoms with Gasteiger partial charge in [-0.25, -0.2) is 0 Å². The van der Waals surface area contributed by atoms with Gasteiger partial charge in [-0.15, -0.1) is 0 Å². The standard InChI is InChI=1S/C16H35N3/c1-13(11-17-16(3,4)5)14(2)19(7)12-15-9-8-10-18(15)6/h13-15,17H,8-12H2,1-7H3. The molecule has 3 heteroatoms. The zero-order valence-corrected chi connectivity index (χ0v) is 14.2. The van der Waals surface area contributed by atoms with Crippen LogP contribution in [-0.4, -0.2) is 61.2 Å². The highest BCUT2D eigenvalue weighted by Crippen LogP contribution is 2.18. The fourth-order valence-corrected chi connectivity index (χ4v) is 2.78. The molecule has 0 amide bonds. The van der Waals surface area contributed by atoms with Gasteiger partial charge in [0.25, 0.3) is 0 Å². The predicted molar refractivity (Wildman–Crippen MR) is 84.7 cm³/mol. The molecule has 1 aliphatic rings. The molecule has 3 atom stereocenters. The summed E-state index contributed by atoms with van der Waals surface area (Å²) in [5.41, 5.74) is 0.220. The Kier molecular flexibility index (Phi) is 6.28. The average Bonchev–Trinajstić information content (AvgIpc) is 2.70. The molecule has 3 nitrogen and oxygen atoms in total. The van der Waals surface area contributed by atoms with E-state index in [1.54, 1.807) is 0 Å². The van der Waals surface area contributed by atoms with E-state index in [-0.39, 0.29) is 5.54 Å². The minimum Gasteiger partial charge on any atom is -0.312 e. The zero-order chi connectivity index (χ0) is 14.6. The second-order valence-electron chi connectivity index (χ2n) is 7.57. The molecule has 1 fully saturated rings. The molecular weight excluding hydrogens is 234 g/mol. The van der Waals surface area contributed by atoms with Crippen molar-refractivity contribution in [3.63, 3.8) is 0 Å². The summed E-state index contributed by atoms with van der Waals surface area (Å²) in [4.78, 5) is 5.06. The molecule has 3 unspecified atom stereocenters. The fraction of sp³-hybridized carbons (Fsp3) is 1.00. The monoisotopic (exact) mass is 269 g/mol. The van der Waals surface area contributed by atoms with Crippen LogP contribution in [0.15, 0.2) is 0 Å². The summed E-state index contributed by atoms with van der Waals surface area (Å²) in [6.07, 6.45) is 2.73. The molecule has 0 aromatic carbocycles. The molecule has 114 valence electrons. The van der Waals surface area contributed by atoms with Crippen LogP contribution in [0.25, 0.3) is 0 Å². The lowest BCUT2D eigenvalue weighted by atomic mass is 9.99. The average molecular weight is 269 g/mol. The number of likely N-dealkylation sites (N-methyl/N-ethyl adjacent to an activating group) is 2. The molecule has 0 aliphatic carbocycles. The molecular formula is C16H35N3. The van der Waals surface area contributed by atoms with E-state index in [2.05, 4.69) is 63.8 Å². The minimum absolute atomic E-state index is 0.220. The highest BCUT2D eigenvalue weighted by Gasteiger charge is 2.25. The predicted octanol–water partition coefficient (Wildman–Crippen LogP) is 2.43. The summed E-state index contributed by atoms with van der Waals surface area (Å²) < 4.78 is 0. The molecule has 0 spiro atoms.